The highest BCUT2D eigenvalue weighted by Crippen LogP contribution is 2.31. The fourth-order valence-corrected chi connectivity index (χ4v) is 6.96. The first-order valence-electron chi connectivity index (χ1n) is 15.6. The number of H-pyrrole nitrogens is 1. The zero-order valence-corrected chi connectivity index (χ0v) is 26.9. The second-order valence-electron chi connectivity index (χ2n) is 11.6. The summed E-state index contributed by atoms with van der Waals surface area (Å²) in [6.45, 7) is 4.14. The van der Waals surface area contributed by atoms with Crippen LogP contribution in [0.25, 0.3) is 22.2 Å². The quantitative estimate of drug-likeness (QED) is 0.178. The lowest BCUT2D eigenvalue weighted by Gasteiger charge is -2.34. The second kappa shape index (κ2) is 13.8. The van der Waals surface area contributed by atoms with E-state index in [9.17, 15) is 26.8 Å². The minimum atomic E-state index is -4.35. The standard InChI is InChI=1S/C32H34F3N7O5S/c1-2-3-14-47-32(44)41-12-10-40(11-13-41)27-7-4-20(16-36-27)21-15-23-24(18-38-31(23)37-17-21)30(43)28-25(34)5-6-26(29(28)35)39-48(45,46)42-9-8-22(33)19-42/h4-7,15-18,22,39H,2-3,8-14,19H2,1H3,(H,37,38)/t22-/m1/s1. The number of ketones is 1. The zero-order valence-electron chi connectivity index (χ0n) is 26.1. The van der Waals surface area contributed by atoms with E-state index >= 15 is 4.39 Å². The van der Waals surface area contributed by atoms with Crippen LogP contribution in [0.15, 0.2) is 48.9 Å². The Morgan fingerprint density at radius 3 is 2.50 bits per heavy atom. The van der Waals surface area contributed by atoms with Gasteiger partial charge < -0.3 is 19.5 Å². The van der Waals surface area contributed by atoms with Crippen molar-refractivity contribution in [1.82, 2.24) is 24.2 Å². The lowest BCUT2D eigenvalue weighted by Crippen LogP contribution is -2.49. The average Bonchev–Trinajstić information content (AvgIpc) is 3.73. The molecule has 1 aromatic carbocycles. The molecule has 48 heavy (non-hydrogen) atoms. The van der Waals surface area contributed by atoms with E-state index in [1.54, 1.807) is 23.4 Å². The monoisotopic (exact) mass is 685 g/mol. The average molecular weight is 686 g/mol. The Morgan fingerprint density at radius 1 is 1.04 bits per heavy atom. The molecule has 2 fully saturated rings. The number of ether oxygens (including phenoxy) is 1. The molecule has 4 aromatic rings. The van der Waals surface area contributed by atoms with Gasteiger partial charge in [0.25, 0.3) is 0 Å². The SMILES string of the molecule is CCCCOC(=O)N1CCN(c2ccc(-c3cnc4[nH]cc(C(=O)c5c(F)ccc(NS(=O)(=O)N6CC[C@@H](F)C6)c5F)c4c3)cn2)CC1. The minimum Gasteiger partial charge on any atom is -0.449 e. The fourth-order valence-electron chi connectivity index (χ4n) is 5.69. The summed E-state index contributed by atoms with van der Waals surface area (Å²) in [4.78, 5) is 41.4. The number of amides is 1. The van der Waals surface area contributed by atoms with Crippen LogP contribution in [0, 0.1) is 11.6 Å². The van der Waals surface area contributed by atoms with Crippen LogP contribution < -0.4 is 9.62 Å². The van der Waals surface area contributed by atoms with Crippen LogP contribution in [0.2, 0.25) is 0 Å². The number of unbranched alkanes of at least 4 members (excludes halogenated alkanes) is 1. The number of hydrogen-bond acceptors (Lipinski definition) is 8. The lowest BCUT2D eigenvalue weighted by molar-refractivity contribution is 0.0987. The highest BCUT2D eigenvalue weighted by molar-refractivity contribution is 7.90. The molecule has 0 unspecified atom stereocenters. The Morgan fingerprint density at radius 2 is 1.81 bits per heavy atom. The van der Waals surface area contributed by atoms with Gasteiger partial charge in [0.2, 0.25) is 5.78 Å². The van der Waals surface area contributed by atoms with Gasteiger partial charge in [0.15, 0.2) is 5.82 Å². The number of nitrogens with zero attached hydrogens (tertiary/aromatic N) is 5. The van der Waals surface area contributed by atoms with Crippen molar-refractivity contribution >= 4 is 44.6 Å². The van der Waals surface area contributed by atoms with Gasteiger partial charge in [0.1, 0.15) is 23.5 Å². The van der Waals surface area contributed by atoms with Crippen molar-refractivity contribution in [3.05, 3.63) is 71.7 Å². The summed E-state index contributed by atoms with van der Waals surface area (Å²) in [6.07, 6.45) is 4.63. The van der Waals surface area contributed by atoms with Crippen LogP contribution in [-0.2, 0) is 14.9 Å². The molecule has 2 N–H and O–H groups in total. The number of anilines is 2. The normalized spacial score (nSPS) is 17.2. The molecular weight excluding hydrogens is 651 g/mol. The molecule has 254 valence electrons. The van der Waals surface area contributed by atoms with Gasteiger partial charge in [-0.1, -0.05) is 13.3 Å². The summed E-state index contributed by atoms with van der Waals surface area (Å²) >= 11 is 0. The third kappa shape index (κ3) is 6.80. The number of hydrogen-bond donors (Lipinski definition) is 2. The molecule has 2 aliphatic heterocycles. The highest BCUT2D eigenvalue weighted by Gasteiger charge is 2.33. The smallest absolute Gasteiger partial charge is 0.409 e. The fraction of sp³-hybridized carbons (Fsp3) is 0.375. The summed E-state index contributed by atoms with van der Waals surface area (Å²) in [5.41, 5.74) is -0.101. The van der Waals surface area contributed by atoms with Crippen LogP contribution >= 0.6 is 0 Å². The molecule has 1 amide bonds. The molecule has 0 saturated carbocycles. The molecule has 16 heteroatoms. The molecule has 0 spiro atoms. The number of aromatic nitrogens is 3. The maximum Gasteiger partial charge on any atom is 0.409 e. The number of pyridine rings is 2. The number of carbonyl (C=O) groups is 2. The Hall–Kier alpha value is -4.70. The van der Waals surface area contributed by atoms with Crippen LogP contribution in [-0.4, -0.2) is 96.5 Å². The summed E-state index contributed by atoms with van der Waals surface area (Å²) in [5.74, 6) is -2.88. The van der Waals surface area contributed by atoms with E-state index in [2.05, 4.69) is 19.9 Å². The molecule has 0 aliphatic carbocycles. The molecular formula is C32H34F3N7O5S. The van der Waals surface area contributed by atoms with Gasteiger partial charge in [-0.05, 0) is 43.2 Å². The molecule has 0 radical (unpaired) electrons. The number of fused-ring (bicyclic) bond motifs is 1. The summed E-state index contributed by atoms with van der Waals surface area (Å²) < 4.78 is 77.7. The molecule has 3 aromatic heterocycles. The molecule has 5 heterocycles. The molecule has 2 aliphatic rings. The van der Waals surface area contributed by atoms with Crippen LogP contribution in [0.4, 0.5) is 29.5 Å². The van der Waals surface area contributed by atoms with Gasteiger partial charge in [0, 0.05) is 79.9 Å². The third-order valence-corrected chi connectivity index (χ3v) is 9.92. The second-order valence-corrected chi connectivity index (χ2v) is 13.3. The van der Waals surface area contributed by atoms with Crippen molar-refractivity contribution in [2.24, 2.45) is 0 Å². The van der Waals surface area contributed by atoms with Gasteiger partial charge in [0.05, 0.1) is 17.9 Å². The van der Waals surface area contributed by atoms with E-state index in [1.807, 2.05) is 23.8 Å². The Kier molecular flexibility index (Phi) is 9.55. The van der Waals surface area contributed by atoms with Crippen molar-refractivity contribution in [1.29, 1.82) is 0 Å². The first-order chi connectivity index (χ1) is 23.1. The third-order valence-electron chi connectivity index (χ3n) is 8.43. The molecule has 12 nitrogen and oxygen atoms in total. The van der Waals surface area contributed by atoms with Gasteiger partial charge >= 0.3 is 16.3 Å². The van der Waals surface area contributed by atoms with E-state index in [0.717, 1.165) is 35.1 Å². The number of aromatic amines is 1. The number of benzene rings is 1. The predicted molar refractivity (Wildman–Crippen MR) is 173 cm³/mol. The maximum atomic E-state index is 15.6. The van der Waals surface area contributed by atoms with Gasteiger partial charge in [-0.3, -0.25) is 9.52 Å². The van der Waals surface area contributed by atoms with Crippen molar-refractivity contribution in [2.45, 2.75) is 32.4 Å². The molecule has 2 saturated heterocycles. The lowest BCUT2D eigenvalue weighted by atomic mass is 10.00. The van der Waals surface area contributed by atoms with E-state index in [1.165, 1.54) is 6.20 Å². The van der Waals surface area contributed by atoms with E-state index in [4.69, 9.17) is 4.74 Å². The number of piperazine rings is 1. The van der Waals surface area contributed by atoms with Gasteiger partial charge in [-0.15, -0.1) is 0 Å². The molecule has 0 bridgehead atoms. The number of alkyl halides is 1. The summed E-state index contributed by atoms with van der Waals surface area (Å²) in [7, 11) is -4.35. The van der Waals surface area contributed by atoms with Crippen LogP contribution in [0.1, 0.15) is 42.1 Å². The first-order valence-corrected chi connectivity index (χ1v) is 17.0. The van der Waals surface area contributed by atoms with Crippen molar-refractivity contribution in [3.8, 4) is 11.1 Å². The summed E-state index contributed by atoms with van der Waals surface area (Å²) in [6, 6.07) is 6.99. The van der Waals surface area contributed by atoms with Gasteiger partial charge in [-0.2, -0.15) is 12.7 Å². The number of carbonyl (C=O) groups excluding carboxylic acids is 2. The Balaban J connectivity index is 1.19. The minimum absolute atomic E-state index is 0.00329. The van der Waals surface area contributed by atoms with Crippen molar-refractivity contribution in [2.75, 3.05) is 55.5 Å². The maximum absolute atomic E-state index is 15.6. The number of nitrogens with one attached hydrogen (secondary N) is 2. The predicted octanol–water partition coefficient (Wildman–Crippen LogP) is 4.89. The number of halogens is 3. The molecule has 1 atom stereocenters. The van der Waals surface area contributed by atoms with Crippen molar-refractivity contribution < 1.29 is 35.9 Å². The van der Waals surface area contributed by atoms with Crippen molar-refractivity contribution in [3.63, 3.8) is 0 Å². The highest BCUT2D eigenvalue weighted by atomic mass is 32.2. The topological polar surface area (TPSA) is 141 Å². The Bertz CT molecular complexity index is 1930. The molecule has 6 rings (SSSR count). The van der Waals surface area contributed by atoms with E-state index in [0.29, 0.717) is 54.9 Å². The van der Waals surface area contributed by atoms with E-state index < -0.39 is 45.0 Å². The number of rotatable bonds is 10. The first kappa shape index (κ1) is 33.2. The zero-order chi connectivity index (χ0) is 34.0. The van der Waals surface area contributed by atoms with E-state index in [-0.39, 0.29) is 31.2 Å². The summed E-state index contributed by atoms with van der Waals surface area (Å²) in [5, 5.41) is 0.291. The van der Waals surface area contributed by atoms with Crippen LogP contribution in [0.3, 0.4) is 0 Å². The largest absolute Gasteiger partial charge is 0.449 e. The van der Waals surface area contributed by atoms with Crippen LogP contribution in [0.5, 0.6) is 0 Å². The Labute approximate surface area is 275 Å². The van der Waals surface area contributed by atoms with Gasteiger partial charge in [-0.25, -0.2) is 27.9 Å².